The molecule has 0 unspecified atom stereocenters. The lowest BCUT2D eigenvalue weighted by Gasteiger charge is -2.12. The van der Waals surface area contributed by atoms with Crippen molar-refractivity contribution in [3.63, 3.8) is 0 Å². The van der Waals surface area contributed by atoms with E-state index in [0.29, 0.717) is 10.7 Å². The number of nitrogens with zero attached hydrogens (tertiary/aromatic N) is 2. The first-order valence-electron chi connectivity index (χ1n) is 4.23. The molecule has 16 heavy (non-hydrogen) atoms. The lowest BCUT2D eigenvalue weighted by Crippen LogP contribution is -2.16. The molecular weight excluding hydrogens is 247 g/mol. The van der Waals surface area contributed by atoms with Gasteiger partial charge in [0.25, 0.3) is 10.0 Å². The van der Waals surface area contributed by atoms with Crippen LogP contribution >= 0.6 is 0 Å². The summed E-state index contributed by atoms with van der Waals surface area (Å²) in [5, 5.41) is 7.26. The van der Waals surface area contributed by atoms with Gasteiger partial charge in [0, 0.05) is 12.1 Å². The largest absolute Gasteiger partial charge is 0.433 e. The highest BCUT2D eigenvalue weighted by Gasteiger charge is 2.37. The highest BCUT2D eigenvalue weighted by Crippen LogP contribution is 2.32. The topological polar surface area (TPSA) is 78.0 Å². The Morgan fingerprint density at radius 1 is 1.44 bits per heavy atom. The van der Waals surface area contributed by atoms with Crippen LogP contribution in [0.1, 0.15) is 25.6 Å². The summed E-state index contributed by atoms with van der Waals surface area (Å²) in [7, 11) is -4.23. The van der Waals surface area contributed by atoms with Gasteiger partial charge in [-0.1, -0.05) is 0 Å². The molecule has 1 heterocycles. The molecule has 92 valence electrons. The highest BCUT2D eigenvalue weighted by molar-refractivity contribution is 7.89. The standard InChI is InChI=1S/C7H10F3N3O2S/c1-4(2)13-5(7(8,9)10)3-6(12-13)16(11,14)15/h3-4H,1-2H3,(H2,11,14,15). The Hall–Kier alpha value is -1.09. The van der Waals surface area contributed by atoms with Crippen LogP contribution in [0.25, 0.3) is 0 Å². The average molecular weight is 257 g/mol. The molecule has 0 aromatic carbocycles. The molecule has 0 spiro atoms. The molecule has 0 aliphatic rings. The Kier molecular flexibility index (Phi) is 3.03. The summed E-state index contributed by atoms with van der Waals surface area (Å²) in [6, 6.07) is -0.192. The maximum Gasteiger partial charge on any atom is 0.433 e. The quantitative estimate of drug-likeness (QED) is 0.862. The molecule has 0 atom stereocenters. The Morgan fingerprint density at radius 2 is 1.94 bits per heavy atom. The van der Waals surface area contributed by atoms with Crippen molar-refractivity contribution in [2.24, 2.45) is 5.14 Å². The van der Waals surface area contributed by atoms with E-state index >= 15 is 0 Å². The molecule has 5 nitrogen and oxygen atoms in total. The van der Waals surface area contributed by atoms with Gasteiger partial charge in [0.05, 0.1) is 0 Å². The second kappa shape index (κ2) is 3.74. The molecular formula is C7H10F3N3O2S. The monoisotopic (exact) mass is 257 g/mol. The maximum absolute atomic E-state index is 12.5. The molecule has 0 radical (unpaired) electrons. The van der Waals surface area contributed by atoms with Crippen LogP contribution in [-0.4, -0.2) is 18.2 Å². The molecule has 0 bridgehead atoms. The summed E-state index contributed by atoms with van der Waals surface area (Å²) < 4.78 is 59.9. The molecule has 0 aliphatic heterocycles. The third-order valence-corrected chi connectivity index (χ3v) is 2.57. The number of primary sulfonamides is 1. The van der Waals surface area contributed by atoms with Crippen LogP contribution in [0.15, 0.2) is 11.1 Å². The van der Waals surface area contributed by atoms with Crippen LogP contribution < -0.4 is 5.14 Å². The Morgan fingerprint density at radius 3 is 2.19 bits per heavy atom. The van der Waals surface area contributed by atoms with Crippen LogP contribution in [0, 0.1) is 0 Å². The van der Waals surface area contributed by atoms with Crippen LogP contribution in [0.3, 0.4) is 0 Å². The van der Waals surface area contributed by atoms with Crippen LogP contribution in [0.5, 0.6) is 0 Å². The van der Waals surface area contributed by atoms with Gasteiger partial charge in [0.1, 0.15) is 5.69 Å². The van der Waals surface area contributed by atoms with E-state index in [1.165, 1.54) is 13.8 Å². The van der Waals surface area contributed by atoms with Gasteiger partial charge in [-0.15, -0.1) is 0 Å². The number of alkyl halides is 3. The van der Waals surface area contributed by atoms with Gasteiger partial charge in [0.2, 0.25) is 0 Å². The number of halogens is 3. The van der Waals surface area contributed by atoms with Gasteiger partial charge in [-0.3, -0.25) is 4.68 Å². The number of sulfonamides is 1. The fourth-order valence-corrected chi connectivity index (χ4v) is 1.59. The molecule has 1 aromatic heterocycles. The van der Waals surface area contributed by atoms with Crippen molar-refractivity contribution in [1.82, 2.24) is 9.78 Å². The summed E-state index contributed by atoms with van der Waals surface area (Å²) in [4.78, 5) is 0. The van der Waals surface area contributed by atoms with Crippen molar-refractivity contribution in [3.05, 3.63) is 11.8 Å². The van der Waals surface area contributed by atoms with Crippen LogP contribution in [-0.2, 0) is 16.2 Å². The molecule has 1 rings (SSSR count). The van der Waals surface area contributed by atoms with Crippen molar-refractivity contribution < 1.29 is 21.6 Å². The van der Waals surface area contributed by atoms with Crippen molar-refractivity contribution in [1.29, 1.82) is 0 Å². The van der Waals surface area contributed by atoms with E-state index in [4.69, 9.17) is 5.14 Å². The molecule has 0 amide bonds. The second-order valence-electron chi connectivity index (χ2n) is 3.45. The van der Waals surface area contributed by atoms with Gasteiger partial charge < -0.3 is 0 Å². The summed E-state index contributed by atoms with van der Waals surface area (Å²) in [5.74, 6) is 0. The number of hydrogen-bond acceptors (Lipinski definition) is 3. The Balaban J connectivity index is 3.44. The van der Waals surface area contributed by atoms with Gasteiger partial charge in [-0.2, -0.15) is 18.3 Å². The lowest BCUT2D eigenvalue weighted by atomic mass is 10.3. The van der Waals surface area contributed by atoms with E-state index in [9.17, 15) is 21.6 Å². The first-order valence-corrected chi connectivity index (χ1v) is 5.77. The molecule has 0 fully saturated rings. The number of rotatable bonds is 2. The first kappa shape index (κ1) is 13.0. The molecule has 0 saturated carbocycles. The van der Waals surface area contributed by atoms with Gasteiger partial charge >= 0.3 is 6.18 Å². The van der Waals surface area contributed by atoms with E-state index in [-0.39, 0.29) is 0 Å². The van der Waals surface area contributed by atoms with Gasteiger partial charge in [-0.25, -0.2) is 13.6 Å². The van der Waals surface area contributed by atoms with E-state index in [2.05, 4.69) is 5.10 Å². The summed E-state index contributed by atoms with van der Waals surface area (Å²) >= 11 is 0. The minimum atomic E-state index is -4.67. The van der Waals surface area contributed by atoms with Gasteiger partial charge in [0.15, 0.2) is 5.03 Å². The number of hydrogen-bond donors (Lipinski definition) is 1. The predicted octanol–water partition coefficient (Wildman–Crippen LogP) is 1.13. The third kappa shape index (κ3) is 2.53. The van der Waals surface area contributed by atoms with Crippen molar-refractivity contribution in [2.45, 2.75) is 31.1 Å². The Bertz CT molecular complexity index is 489. The van der Waals surface area contributed by atoms with Crippen molar-refractivity contribution in [2.75, 3.05) is 0 Å². The van der Waals surface area contributed by atoms with Gasteiger partial charge in [-0.05, 0) is 13.8 Å². The van der Waals surface area contributed by atoms with Crippen LogP contribution in [0.2, 0.25) is 0 Å². The summed E-state index contributed by atoms with van der Waals surface area (Å²) in [5.41, 5.74) is -1.13. The zero-order valence-electron chi connectivity index (χ0n) is 8.49. The minimum absolute atomic E-state index is 0.426. The van der Waals surface area contributed by atoms with Crippen molar-refractivity contribution >= 4 is 10.0 Å². The first-order chi connectivity index (χ1) is 7.03. The second-order valence-corrected chi connectivity index (χ2v) is 4.96. The average Bonchev–Trinajstić information content (AvgIpc) is 2.44. The third-order valence-electron chi connectivity index (χ3n) is 1.78. The molecule has 0 aliphatic carbocycles. The Labute approximate surface area is 90.1 Å². The highest BCUT2D eigenvalue weighted by atomic mass is 32.2. The van der Waals surface area contributed by atoms with E-state index in [1.54, 1.807) is 0 Å². The number of aromatic nitrogens is 2. The molecule has 2 N–H and O–H groups in total. The smallest absolute Gasteiger partial charge is 0.257 e. The molecule has 9 heteroatoms. The fourth-order valence-electron chi connectivity index (χ4n) is 1.12. The summed E-state index contributed by atoms with van der Waals surface area (Å²) in [6.07, 6.45) is -4.67. The normalized spacial score (nSPS) is 13.4. The van der Waals surface area contributed by atoms with E-state index in [1.807, 2.05) is 0 Å². The number of nitrogens with two attached hydrogens (primary N) is 1. The van der Waals surface area contributed by atoms with E-state index in [0.717, 1.165) is 0 Å². The lowest BCUT2D eigenvalue weighted by molar-refractivity contribution is -0.144. The maximum atomic E-state index is 12.5. The summed E-state index contributed by atoms with van der Waals surface area (Å²) in [6.45, 7) is 2.91. The minimum Gasteiger partial charge on any atom is -0.257 e. The van der Waals surface area contributed by atoms with Crippen molar-refractivity contribution in [3.8, 4) is 0 Å². The zero-order chi connectivity index (χ0) is 12.7. The zero-order valence-corrected chi connectivity index (χ0v) is 9.30. The fraction of sp³-hybridized carbons (Fsp3) is 0.571. The van der Waals surface area contributed by atoms with Crippen LogP contribution in [0.4, 0.5) is 13.2 Å². The predicted molar refractivity (Wildman–Crippen MR) is 49.0 cm³/mol. The molecule has 1 aromatic rings. The van der Waals surface area contributed by atoms with E-state index < -0.39 is 33.0 Å². The SMILES string of the molecule is CC(C)n1nc(S(N)(=O)=O)cc1C(F)(F)F. The molecule has 0 saturated heterocycles.